The third kappa shape index (κ3) is 3.51. The molecule has 0 aromatic carbocycles. The minimum atomic E-state index is -3.26. The van der Waals surface area contributed by atoms with Crippen LogP contribution in [0.2, 0.25) is 0 Å². The van der Waals surface area contributed by atoms with Crippen LogP contribution in [0.4, 0.5) is 0 Å². The number of carbonyl (C=O) groups is 1. The molecular weight excluding hydrogens is 346 g/mol. The molecule has 0 unspecified atom stereocenters. The number of aromatic amines is 1. The molecule has 1 amide bonds. The summed E-state index contributed by atoms with van der Waals surface area (Å²) in [5.74, 6) is -0.255. The van der Waals surface area contributed by atoms with Crippen molar-refractivity contribution in [3.8, 4) is 0 Å². The van der Waals surface area contributed by atoms with Crippen LogP contribution in [0.5, 0.6) is 0 Å². The molecule has 0 bridgehead atoms. The number of hydrogen-bond donors (Lipinski definition) is 2. The van der Waals surface area contributed by atoms with Gasteiger partial charge in [-0.15, -0.1) is 0 Å². The van der Waals surface area contributed by atoms with Gasteiger partial charge in [-0.3, -0.25) is 9.89 Å². The molecule has 2 aromatic rings. The third-order valence-corrected chi connectivity index (χ3v) is 5.94. The molecule has 0 radical (unpaired) electrons. The summed E-state index contributed by atoms with van der Waals surface area (Å²) in [6, 6.07) is 3.69. The van der Waals surface area contributed by atoms with E-state index < -0.39 is 15.6 Å². The molecule has 0 spiro atoms. The number of H-pyrrole nitrogens is 1. The van der Waals surface area contributed by atoms with Gasteiger partial charge in [-0.1, -0.05) is 0 Å². The van der Waals surface area contributed by atoms with Crippen molar-refractivity contribution in [2.45, 2.75) is 25.0 Å². The van der Waals surface area contributed by atoms with Gasteiger partial charge in [0.2, 0.25) is 10.0 Å². The number of hydrogen-bond acceptors (Lipinski definition) is 6. The second kappa shape index (κ2) is 6.70. The SMILES string of the molecule is COC1(C(=O)NCc2[nH]nc3ncccc23)CCN(S(C)(=O)=O)CC1. The van der Waals surface area contributed by atoms with Crippen molar-refractivity contribution in [3.63, 3.8) is 0 Å². The first-order chi connectivity index (χ1) is 11.9. The number of nitrogens with one attached hydrogen (secondary N) is 2. The lowest BCUT2D eigenvalue weighted by Crippen LogP contribution is -2.55. The van der Waals surface area contributed by atoms with Crippen LogP contribution in [-0.4, -0.2) is 65.9 Å². The summed E-state index contributed by atoms with van der Waals surface area (Å²) in [4.78, 5) is 16.8. The Labute approximate surface area is 145 Å². The minimum Gasteiger partial charge on any atom is -0.368 e. The van der Waals surface area contributed by atoms with Crippen molar-refractivity contribution >= 4 is 27.0 Å². The normalized spacial score (nSPS) is 18.3. The average Bonchev–Trinajstić information content (AvgIpc) is 3.02. The third-order valence-electron chi connectivity index (χ3n) is 4.64. The van der Waals surface area contributed by atoms with Crippen LogP contribution in [0, 0.1) is 0 Å². The Hall–Kier alpha value is -2.04. The zero-order valence-corrected chi connectivity index (χ0v) is 15.0. The summed E-state index contributed by atoms with van der Waals surface area (Å²) in [7, 11) is -1.78. The highest BCUT2D eigenvalue weighted by molar-refractivity contribution is 7.88. The van der Waals surface area contributed by atoms with E-state index >= 15 is 0 Å². The summed E-state index contributed by atoms with van der Waals surface area (Å²) < 4.78 is 30.1. The van der Waals surface area contributed by atoms with Gasteiger partial charge in [0.05, 0.1) is 18.5 Å². The number of methoxy groups -OCH3 is 1. The van der Waals surface area contributed by atoms with E-state index in [-0.39, 0.29) is 25.5 Å². The molecule has 2 aromatic heterocycles. The molecule has 0 atom stereocenters. The van der Waals surface area contributed by atoms with Crippen LogP contribution in [0.25, 0.3) is 11.0 Å². The van der Waals surface area contributed by atoms with Crippen molar-refractivity contribution < 1.29 is 17.9 Å². The smallest absolute Gasteiger partial charge is 0.252 e. The molecular formula is C15H21N5O4S. The quantitative estimate of drug-likeness (QED) is 0.769. The number of carbonyl (C=O) groups excluding carboxylic acids is 1. The van der Waals surface area contributed by atoms with E-state index in [9.17, 15) is 13.2 Å². The Morgan fingerprint density at radius 3 is 2.80 bits per heavy atom. The van der Waals surface area contributed by atoms with Gasteiger partial charge in [0.15, 0.2) is 5.65 Å². The Balaban J connectivity index is 1.67. The highest BCUT2D eigenvalue weighted by Crippen LogP contribution is 2.27. The van der Waals surface area contributed by atoms with Crippen molar-refractivity contribution in [1.82, 2.24) is 24.8 Å². The molecule has 3 heterocycles. The van der Waals surface area contributed by atoms with Crippen LogP contribution < -0.4 is 5.32 Å². The number of fused-ring (bicyclic) bond motifs is 1. The standard InChI is InChI=1S/C15H21N5O4S/c1-24-15(5-8-20(9-6-15)25(2,22)23)14(21)17-10-12-11-4-3-7-16-13(11)19-18-12/h3-4,7H,5-6,8-10H2,1-2H3,(H,17,21)(H,16,18,19). The van der Waals surface area contributed by atoms with Gasteiger partial charge in [-0.25, -0.2) is 17.7 Å². The summed E-state index contributed by atoms with van der Waals surface area (Å²) >= 11 is 0. The highest BCUT2D eigenvalue weighted by Gasteiger charge is 2.43. The van der Waals surface area contributed by atoms with Crippen LogP contribution >= 0.6 is 0 Å². The van der Waals surface area contributed by atoms with Gasteiger partial charge in [0.25, 0.3) is 5.91 Å². The number of ether oxygens (including phenoxy) is 1. The lowest BCUT2D eigenvalue weighted by Gasteiger charge is -2.38. The monoisotopic (exact) mass is 367 g/mol. The minimum absolute atomic E-state index is 0.255. The zero-order valence-electron chi connectivity index (χ0n) is 14.2. The lowest BCUT2D eigenvalue weighted by molar-refractivity contribution is -0.148. The Bertz CT molecular complexity index is 871. The summed E-state index contributed by atoms with van der Waals surface area (Å²) in [6.45, 7) is 0.788. The topological polar surface area (TPSA) is 117 Å². The molecule has 1 fully saturated rings. The predicted octanol–water partition coefficient (Wildman–Crippen LogP) is 0.0147. The lowest BCUT2D eigenvalue weighted by atomic mass is 9.91. The van der Waals surface area contributed by atoms with Gasteiger partial charge < -0.3 is 10.1 Å². The van der Waals surface area contributed by atoms with Crippen molar-refractivity contribution in [3.05, 3.63) is 24.0 Å². The van der Waals surface area contributed by atoms with E-state index in [1.54, 1.807) is 12.3 Å². The molecule has 1 saturated heterocycles. The number of aromatic nitrogens is 3. The highest BCUT2D eigenvalue weighted by atomic mass is 32.2. The molecule has 25 heavy (non-hydrogen) atoms. The molecule has 2 N–H and O–H groups in total. The van der Waals surface area contributed by atoms with Crippen LogP contribution in [0.15, 0.2) is 18.3 Å². The zero-order chi connectivity index (χ0) is 18.1. The van der Waals surface area contributed by atoms with E-state index in [2.05, 4.69) is 20.5 Å². The van der Waals surface area contributed by atoms with Gasteiger partial charge in [0.1, 0.15) is 5.60 Å². The fraction of sp³-hybridized carbons (Fsp3) is 0.533. The first-order valence-electron chi connectivity index (χ1n) is 7.92. The van der Waals surface area contributed by atoms with E-state index in [1.807, 2.05) is 6.07 Å². The van der Waals surface area contributed by atoms with Crippen molar-refractivity contribution in [2.24, 2.45) is 0 Å². The number of sulfonamides is 1. The number of amides is 1. The van der Waals surface area contributed by atoms with Crippen molar-refractivity contribution in [2.75, 3.05) is 26.5 Å². The van der Waals surface area contributed by atoms with Crippen LogP contribution in [0.1, 0.15) is 18.5 Å². The fourth-order valence-corrected chi connectivity index (χ4v) is 3.92. The number of pyridine rings is 1. The first kappa shape index (κ1) is 17.8. The second-order valence-corrected chi connectivity index (χ2v) is 8.10. The maximum Gasteiger partial charge on any atom is 0.252 e. The van der Waals surface area contributed by atoms with Gasteiger partial charge in [-0.05, 0) is 25.0 Å². The summed E-state index contributed by atoms with van der Waals surface area (Å²) in [6.07, 6.45) is 3.45. The molecule has 3 rings (SSSR count). The van der Waals surface area contributed by atoms with Crippen molar-refractivity contribution in [1.29, 1.82) is 0 Å². The molecule has 0 saturated carbocycles. The summed E-state index contributed by atoms with van der Waals surface area (Å²) in [5.41, 5.74) is 0.334. The maximum atomic E-state index is 12.7. The molecule has 9 nitrogen and oxygen atoms in total. The molecule has 10 heteroatoms. The fourth-order valence-electron chi connectivity index (χ4n) is 3.07. The summed E-state index contributed by atoms with van der Waals surface area (Å²) in [5, 5.41) is 10.7. The Morgan fingerprint density at radius 2 is 2.16 bits per heavy atom. The maximum absolute atomic E-state index is 12.7. The van der Waals surface area contributed by atoms with Gasteiger partial charge in [-0.2, -0.15) is 5.10 Å². The molecule has 1 aliphatic heterocycles. The molecule has 1 aliphatic rings. The number of piperidine rings is 1. The first-order valence-corrected chi connectivity index (χ1v) is 9.77. The number of nitrogens with zero attached hydrogens (tertiary/aromatic N) is 3. The largest absolute Gasteiger partial charge is 0.368 e. The van der Waals surface area contributed by atoms with E-state index in [0.29, 0.717) is 18.5 Å². The average molecular weight is 367 g/mol. The predicted molar refractivity (Wildman–Crippen MR) is 91.1 cm³/mol. The molecule has 136 valence electrons. The van der Waals surface area contributed by atoms with E-state index in [1.165, 1.54) is 17.7 Å². The van der Waals surface area contributed by atoms with E-state index in [4.69, 9.17) is 4.74 Å². The van der Waals surface area contributed by atoms with Crippen LogP contribution in [0.3, 0.4) is 0 Å². The van der Waals surface area contributed by atoms with Gasteiger partial charge in [0, 0.05) is 31.8 Å². The van der Waals surface area contributed by atoms with E-state index in [0.717, 1.165) is 11.1 Å². The Morgan fingerprint density at radius 1 is 1.44 bits per heavy atom. The second-order valence-electron chi connectivity index (χ2n) is 6.12. The van der Waals surface area contributed by atoms with Gasteiger partial charge >= 0.3 is 0 Å². The number of rotatable bonds is 5. The Kier molecular flexibility index (Phi) is 4.76. The van der Waals surface area contributed by atoms with Crippen LogP contribution in [-0.2, 0) is 26.1 Å². The molecule has 0 aliphatic carbocycles.